The highest BCUT2D eigenvalue weighted by atomic mass is 32.1. The zero-order chi connectivity index (χ0) is 20.3. The number of hydrogen-bond donors (Lipinski definition) is 0. The van der Waals surface area contributed by atoms with Gasteiger partial charge in [0.15, 0.2) is 17.2 Å². The molecular weight excluding hydrogens is 376 g/mol. The van der Waals surface area contributed by atoms with Gasteiger partial charge in [-0.3, -0.25) is 0 Å². The molecule has 0 unspecified atom stereocenters. The Morgan fingerprint density at radius 3 is 2.36 bits per heavy atom. The second-order valence-electron chi connectivity index (χ2n) is 7.20. The highest BCUT2D eigenvalue weighted by Crippen LogP contribution is 2.40. The van der Waals surface area contributed by atoms with Gasteiger partial charge in [0.05, 0.1) is 7.11 Å². The summed E-state index contributed by atoms with van der Waals surface area (Å²) in [5.74, 6) is -0.650. The molecule has 0 amide bonds. The van der Waals surface area contributed by atoms with E-state index in [-0.39, 0.29) is 6.61 Å². The van der Waals surface area contributed by atoms with Crippen molar-refractivity contribution in [3.8, 4) is 16.9 Å². The van der Waals surface area contributed by atoms with Gasteiger partial charge in [0.25, 0.3) is 0 Å². The monoisotopic (exact) mass is 398 g/mol. The molecule has 28 heavy (non-hydrogen) atoms. The Morgan fingerprint density at radius 2 is 1.71 bits per heavy atom. The first-order valence-corrected chi connectivity index (χ1v) is 9.65. The number of esters is 2. The molecule has 0 fully saturated rings. The van der Waals surface area contributed by atoms with Crippen molar-refractivity contribution < 1.29 is 23.8 Å². The molecule has 3 aromatic rings. The lowest BCUT2D eigenvalue weighted by molar-refractivity contribution is -0.157. The molecule has 3 rings (SSSR count). The molecule has 0 aliphatic carbocycles. The zero-order valence-electron chi connectivity index (χ0n) is 16.3. The van der Waals surface area contributed by atoms with Crippen LogP contribution in [0.3, 0.4) is 0 Å². The number of hydrogen-bond acceptors (Lipinski definition) is 6. The fraction of sp³-hybridized carbons (Fsp3) is 0.273. The maximum absolute atomic E-state index is 12.2. The minimum atomic E-state index is -0.604. The lowest BCUT2D eigenvalue weighted by atomic mass is 10.0. The van der Waals surface area contributed by atoms with E-state index in [1.807, 2.05) is 48.5 Å². The smallest absolute Gasteiger partial charge is 0.351 e. The molecule has 1 aromatic heterocycles. The highest BCUT2D eigenvalue weighted by molar-refractivity contribution is 7.21. The first-order valence-electron chi connectivity index (χ1n) is 8.83. The van der Waals surface area contributed by atoms with E-state index in [9.17, 15) is 9.59 Å². The maximum atomic E-state index is 12.2. The van der Waals surface area contributed by atoms with Crippen molar-refractivity contribution in [1.29, 1.82) is 0 Å². The van der Waals surface area contributed by atoms with E-state index in [1.165, 1.54) is 18.4 Å². The molecule has 0 saturated carbocycles. The van der Waals surface area contributed by atoms with E-state index < -0.39 is 17.5 Å². The van der Waals surface area contributed by atoms with Gasteiger partial charge >= 0.3 is 11.9 Å². The Morgan fingerprint density at radius 1 is 1.00 bits per heavy atom. The van der Waals surface area contributed by atoms with Crippen LogP contribution in [0.1, 0.15) is 30.4 Å². The molecule has 0 spiro atoms. The average molecular weight is 398 g/mol. The van der Waals surface area contributed by atoms with Crippen molar-refractivity contribution in [3.63, 3.8) is 0 Å². The van der Waals surface area contributed by atoms with Crippen molar-refractivity contribution in [2.24, 2.45) is 0 Å². The van der Waals surface area contributed by atoms with Gasteiger partial charge in [-0.15, -0.1) is 11.3 Å². The SMILES string of the molecule is COC(=O)c1sc2cc(-c3ccccc3)ccc2c1OCC(=O)OC(C)(C)C. The summed E-state index contributed by atoms with van der Waals surface area (Å²) >= 11 is 1.28. The van der Waals surface area contributed by atoms with Gasteiger partial charge in [0.1, 0.15) is 5.60 Å². The Kier molecular flexibility index (Phi) is 5.70. The van der Waals surface area contributed by atoms with E-state index in [1.54, 1.807) is 20.8 Å². The number of thiophene rings is 1. The number of carbonyl (C=O) groups excluding carboxylic acids is 2. The Balaban J connectivity index is 1.95. The van der Waals surface area contributed by atoms with Crippen molar-refractivity contribution in [3.05, 3.63) is 53.4 Å². The van der Waals surface area contributed by atoms with Crippen LogP contribution in [0.4, 0.5) is 0 Å². The van der Waals surface area contributed by atoms with Gasteiger partial charge < -0.3 is 14.2 Å². The fourth-order valence-corrected chi connectivity index (χ4v) is 3.86. The molecular formula is C22H22O5S. The third kappa shape index (κ3) is 4.51. The quantitative estimate of drug-likeness (QED) is 0.561. The molecule has 0 N–H and O–H groups in total. The van der Waals surface area contributed by atoms with Crippen molar-refractivity contribution in [1.82, 2.24) is 0 Å². The number of carbonyl (C=O) groups is 2. The summed E-state index contributed by atoms with van der Waals surface area (Å²) in [7, 11) is 1.32. The first kappa shape index (κ1) is 19.9. The Hall–Kier alpha value is -2.86. The normalized spacial score (nSPS) is 11.3. The molecule has 6 heteroatoms. The Bertz CT molecular complexity index is 999. The minimum Gasteiger partial charge on any atom is -0.479 e. The number of methoxy groups -OCH3 is 1. The molecule has 0 atom stereocenters. The molecule has 2 aromatic carbocycles. The van der Waals surface area contributed by atoms with Crippen LogP contribution in [-0.4, -0.2) is 31.3 Å². The topological polar surface area (TPSA) is 61.8 Å². The van der Waals surface area contributed by atoms with E-state index in [4.69, 9.17) is 14.2 Å². The molecule has 0 bridgehead atoms. The molecule has 5 nitrogen and oxygen atoms in total. The van der Waals surface area contributed by atoms with Crippen LogP contribution in [0.25, 0.3) is 21.2 Å². The van der Waals surface area contributed by atoms with Crippen LogP contribution in [0.5, 0.6) is 5.75 Å². The van der Waals surface area contributed by atoms with Crippen LogP contribution < -0.4 is 4.74 Å². The van der Waals surface area contributed by atoms with Crippen LogP contribution >= 0.6 is 11.3 Å². The summed E-state index contributed by atoms with van der Waals surface area (Å²) in [6.45, 7) is 5.08. The summed E-state index contributed by atoms with van der Waals surface area (Å²) in [5.41, 5.74) is 1.51. The third-order valence-electron chi connectivity index (χ3n) is 3.88. The van der Waals surface area contributed by atoms with Gasteiger partial charge in [-0.25, -0.2) is 9.59 Å². The maximum Gasteiger partial charge on any atom is 0.351 e. The molecule has 0 saturated heterocycles. The van der Waals surface area contributed by atoms with Crippen LogP contribution in [0, 0.1) is 0 Å². The summed E-state index contributed by atoms with van der Waals surface area (Å²) in [5, 5.41) is 0.758. The number of fused-ring (bicyclic) bond motifs is 1. The Labute approximate surface area is 167 Å². The largest absolute Gasteiger partial charge is 0.479 e. The van der Waals surface area contributed by atoms with E-state index in [2.05, 4.69) is 0 Å². The summed E-state index contributed by atoms with van der Waals surface area (Å²) in [4.78, 5) is 24.6. The minimum absolute atomic E-state index is 0.284. The van der Waals surface area contributed by atoms with E-state index >= 15 is 0 Å². The van der Waals surface area contributed by atoms with Gasteiger partial charge in [0, 0.05) is 10.1 Å². The van der Waals surface area contributed by atoms with E-state index in [0.717, 1.165) is 21.2 Å². The number of benzene rings is 2. The van der Waals surface area contributed by atoms with Gasteiger partial charge in [-0.05, 0) is 44.0 Å². The van der Waals surface area contributed by atoms with Gasteiger partial charge in [0.2, 0.25) is 0 Å². The lowest BCUT2D eigenvalue weighted by Crippen LogP contribution is -2.27. The first-order chi connectivity index (χ1) is 13.3. The second kappa shape index (κ2) is 8.02. The predicted molar refractivity (Wildman–Crippen MR) is 110 cm³/mol. The zero-order valence-corrected chi connectivity index (χ0v) is 17.1. The average Bonchev–Trinajstić information content (AvgIpc) is 3.03. The van der Waals surface area contributed by atoms with E-state index in [0.29, 0.717) is 10.6 Å². The summed E-state index contributed by atoms with van der Waals surface area (Å²) in [6, 6.07) is 15.8. The molecule has 1 heterocycles. The summed E-state index contributed by atoms with van der Waals surface area (Å²) in [6.07, 6.45) is 0. The molecule has 0 radical (unpaired) electrons. The third-order valence-corrected chi connectivity index (χ3v) is 4.99. The van der Waals surface area contributed by atoms with Crippen molar-refractivity contribution in [2.75, 3.05) is 13.7 Å². The standard InChI is InChI=1S/C22H22O5S/c1-22(2,3)27-18(23)13-26-19-16-11-10-15(14-8-6-5-7-9-14)12-17(16)28-20(19)21(24)25-4/h5-12H,13H2,1-4H3. The van der Waals surface area contributed by atoms with Gasteiger partial charge in [-0.1, -0.05) is 36.4 Å². The number of ether oxygens (including phenoxy) is 3. The van der Waals surface area contributed by atoms with Crippen molar-refractivity contribution >= 4 is 33.4 Å². The number of rotatable bonds is 5. The molecule has 0 aliphatic rings. The molecule has 146 valence electrons. The van der Waals surface area contributed by atoms with Crippen LogP contribution in [-0.2, 0) is 14.3 Å². The van der Waals surface area contributed by atoms with Crippen LogP contribution in [0.15, 0.2) is 48.5 Å². The second-order valence-corrected chi connectivity index (χ2v) is 8.26. The summed E-state index contributed by atoms with van der Waals surface area (Å²) < 4.78 is 16.7. The van der Waals surface area contributed by atoms with Crippen LogP contribution in [0.2, 0.25) is 0 Å². The fourth-order valence-electron chi connectivity index (χ4n) is 2.76. The van der Waals surface area contributed by atoms with Crippen molar-refractivity contribution in [2.45, 2.75) is 26.4 Å². The predicted octanol–water partition coefficient (Wildman–Crippen LogP) is 5.08. The lowest BCUT2D eigenvalue weighted by Gasteiger charge is -2.19. The highest BCUT2D eigenvalue weighted by Gasteiger charge is 2.23. The van der Waals surface area contributed by atoms with Gasteiger partial charge in [-0.2, -0.15) is 0 Å². The molecule has 0 aliphatic heterocycles.